The number of nitrogens with zero attached hydrogens (tertiary/aromatic N) is 1. The van der Waals surface area contributed by atoms with E-state index in [0.29, 0.717) is 0 Å². The Bertz CT molecular complexity index is 115. The molecule has 1 aliphatic rings. The van der Waals surface area contributed by atoms with Crippen LogP contribution in [0.4, 0.5) is 0 Å². The van der Waals surface area contributed by atoms with Gasteiger partial charge in [-0.05, 0) is 33.7 Å². The van der Waals surface area contributed by atoms with Gasteiger partial charge in [-0.3, -0.25) is 0 Å². The Morgan fingerprint density at radius 3 is 1.69 bits per heavy atom. The minimum Gasteiger partial charge on any atom is -0.301 e. The summed E-state index contributed by atoms with van der Waals surface area (Å²) in [6.45, 7) is 12.8. The van der Waals surface area contributed by atoms with E-state index in [1.807, 2.05) is 13.8 Å². The van der Waals surface area contributed by atoms with Crippen molar-refractivity contribution < 1.29 is 0 Å². The van der Waals surface area contributed by atoms with Gasteiger partial charge in [-0.2, -0.15) is 0 Å². The molecule has 0 atom stereocenters. The maximum Gasteiger partial charge on any atom is 0.00949 e. The van der Waals surface area contributed by atoms with E-state index in [-0.39, 0.29) is 0 Å². The Balaban J connectivity index is 0. The van der Waals surface area contributed by atoms with E-state index < -0.39 is 0 Å². The van der Waals surface area contributed by atoms with Crippen LogP contribution < -0.4 is 0 Å². The van der Waals surface area contributed by atoms with Crippen molar-refractivity contribution in [2.75, 3.05) is 7.05 Å². The van der Waals surface area contributed by atoms with Gasteiger partial charge in [0.15, 0.2) is 0 Å². The quantitative estimate of drug-likeness (QED) is 0.636. The van der Waals surface area contributed by atoms with Crippen LogP contribution in [-0.2, 0) is 0 Å². The Labute approximate surface area is 105 Å². The van der Waals surface area contributed by atoms with E-state index in [1.165, 1.54) is 38.5 Å². The van der Waals surface area contributed by atoms with Gasteiger partial charge in [0.2, 0.25) is 0 Å². The van der Waals surface area contributed by atoms with E-state index in [0.717, 1.165) is 12.1 Å². The molecule has 0 spiro atoms. The minimum absolute atomic E-state index is 0.720. The second-order valence-electron chi connectivity index (χ2n) is 4.76. The minimum atomic E-state index is 0.720. The molecule has 0 amide bonds. The lowest BCUT2D eigenvalue weighted by atomic mass is 9.94. The zero-order valence-corrected chi connectivity index (χ0v) is 12.8. The molecule has 0 saturated heterocycles. The molecular weight excluding hydrogens is 194 g/mol. The average Bonchev–Trinajstić information content (AvgIpc) is 2.33. The van der Waals surface area contributed by atoms with Gasteiger partial charge in [-0.15, -0.1) is 0 Å². The molecule has 1 nitrogen and oxygen atoms in total. The van der Waals surface area contributed by atoms with E-state index in [4.69, 9.17) is 0 Å². The van der Waals surface area contributed by atoms with Gasteiger partial charge in [0.1, 0.15) is 0 Å². The highest BCUT2D eigenvalue weighted by molar-refractivity contribution is 4.75. The summed E-state index contributed by atoms with van der Waals surface area (Å²) in [5, 5.41) is 0. The summed E-state index contributed by atoms with van der Waals surface area (Å²) < 4.78 is 0. The number of rotatable bonds is 2. The topological polar surface area (TPSA) is 3.24 Å². The highest BCUT2D eigenvalue weighted by atomic mass is 15.1. The summed E-state index contributed by atoms with van der Waals surface area (Å²) in [4.78, 5) is 2.53. The van der Waals surface area contributed by atoms with Gasteiger partial charge in [0.25, 0.3) is 0 Å². The molecule has 1 rings (SSSR count). The maximum atomic E-state index is 2.53. The van der Waals surface area contributed by atoms with E-state index in [2.05, 4.69) is 39.6 Å². The van der Waals surface area contributed by atoms with E-state index in [9.17, 15) is 0 Å². The van der Waals surface area contributed by atoms with Crippen LogP contribution in [0.5, 0.6) is 0 Å². The predicted molar refractivity (Wildman–Crippen MR) is 77.1 cm³/mol. The molecule has 0 heterocycles. The van der Waals surface area contributed by atoms with Gasteiger partial charge in [0, 0.05) is 12.1 Å². The fourth-order valence-electron chi connectivity index (χ4n) is 1.91. The lowest BCUT2D eigenvalue weighted by molar-refractivity contribution is 0.155. The molecule has 1 aliphatic carbocycles. The molecule has 0 aliphatic heterocycles. The molecular formula is C15H35N. The molecule has 0 N–H and O–H groups in total. The summed E-state index contributed by atoms with van der Waals surface area (Å²) in [7, 11) is 2.26. The number of hydrogen-bond acceptors (Lipinski definition) is 1. The van der Waals surface area contributed by atoms with Crippen molar-refractivity contribution in [1.29, 1.82) is 0 Å². The average molecular weight is 229 g/mol. The zero-order chi connectivity index (χ0) is 13.0. The Morgan fingerprint density at radius 1 is 1.00 bits per heavy atom. The van der Waals surface area contributed by atoms with Crippen molar-refractivity contribution in [1.82, 2.24) is 4.90 Å². The SMILES string of the molecule is CC.CC(C)N(C)C1CCCCC1.CCC. The third-order valence-electron chi connectivity index (χ3n) is 2.97. The second-order valence-corrected chi connectivity index (χ2v) is 4.76. The third-order valence-corrected chi connectivity index (χ3v) is 2.97. The zero-order valence-electron chi connectivity index (χ0n) is 12.8. The summed E-state index contributed by atoms with van der Waals surface area (Å²) in [6.07, 6.45) is 8.45. The van der Waals surface area contributed by atoms with E-state index >= 15 is 0 Å². The molecule has 100 valence electrons. The molecule has 16 heavy (non-hydrogen) atoms. The summed E-state index contributed by atoms with van der Waals surface area (Å²) in [5.74, 6) is 0. The fourth-order valence-corrected chi connectivity index (χ4v) is 1.91. The molecule has 1 saturated carbocycles. The van der Waals surface area contributed by atoms with Crippen molar-refractivity contribution in [3.8, 4) is 0 Å². The van der Waals surface area contributed by atoms with Crippen molar-refractivity contribution in [2.24, 2.45) is 0 Å². The first-order valence-electron chi connectivity index (χ1n) is 7.35. The van der Waals surface area contributed by atoms with Crippen LogP contribution in [0.3, 0.4) is 0 Å². The summed E-state index contributed by atoms with van der Waals surface area (Å²) >= 11 is 0. The van der Waals surface area contributed by atoms with Gasteiger partial charge >= 0.3 is 0 Å². The highest BCUT2D eigenvalue weighted by Gasteiger charge is 2.19. The van der Waals surface area contributed by atoms with E-state index in [1.54, 1.807) is 0 Å². The second kappa shape index (κ2) is 13.0. The highest BCUT2D eigenvalue weighted by Crippen LogP contribution is 2.22. The molecule has 0 aromatic rings. The smallest absolute Gasteiger partial charge is 0.00949 e. The monoisotopic (exact) mass is 229 g/mol. The summed E-state index contributed by atoms with van der Waals surface area (Å²) in [6, 6.07) is 1.60. The van der Waals surface area contributed by atoms with Crippen molar-refractivity contribution >= 4 is 0 Å². The first kappa shape index (κ1) is 18.3. The summed E-state index contributed by atoms with van der Waals surface area (Å²) in [5.41, 5.74) is 0. The van der Waals surface area contributed by atoms with Crippen molar-refractivity contribution in [3.63, 3.8) is 0 Å². The van der Waals surface area contributed by atoms with Crippen molar-refractivity contribution in [2.45, 2.75) is 92.2 Å². The van der Waals surface area contributed by atoms with Crippen LogP contribution in [0.2, 0.25) is 0 Å². The fraction of sp³-hybridized carbons (Fsp3) is 1.00. The van der Waals surface area contributed by atoms with Crippen LogP contribution in [0.25, 0.3) is 0 Å². The Morgan fingerprint density at radius 2 is 1.38 bits per heavy atom. The van der Waals surface area contributed by atoms with Crippen LogP contribution in [-0.4, -0.2) is 24.0 Å². The maximum absolute atomic E-state index is 2.53. The predicted octanol–water partition coefficient (Wildman–Crippen LogP) is 5.10. The lowest BCUT2D eigenvalue weighted by Gasteiger charge is -2.33. The number of hydrogen-bond donors (Lipinski definition) is 0. The molecule has 1 heteroatoms. The van der Waals surface area contributed by atoms with Gasteiger partial charge in [-0.1, -0.05) is 53.4 Å². The standard InChI is InChI=1S/C10H21N.C3H8.C2H6/c1-9(2)11(3)10-7-5-4-6-8-10;1-3-2;1-2/h9-10H,4-8H2,1-3H3;3H2,1-2H3;1-2H3. The van der Waals surface area contributed by atoms with Crippen LogP contribution >= 0.6 is 0 Å². The Hall–Kier alpha value is -0.0400. The molecule has 0 aromatic carbocycles. The normalized spacial score (nSPS) is 16.3. The lowest BCUT2D eigenvalue weighted by Crippen LogP contribution is -2.38. The van der Waals surface area contributed by atoms with Crippen LogP contribution in [0, 0.1) is 0 Å². The first-order valence-corrected chi connectivity index (χ1v) is 7.35. The van der Waals surface area contributed by atoms with Crippen molar-refractivity contribution in [3.05, 3.63) is 0 Å². The van der Waals surface area contributed by atoms with Crippen LogP contribution in [0.15, 0.2) is 0 Å². The molecule has 0 bridgehead atoms. The molecule has 0 radical (unpaired) electrons. The van der Waals surface area contributed by atoms with Crippen LogP contribution in [0.1, 0.15) is 80.1 Å². The van der Waals surface area contributed by atoms with Gasteiger partial charge < -0.3 is 4.90 Å². The largest absolute Gasteiger partial charge is 0.301 e. The molecule has 1 fully saturated rings. The first-order chi connectivity index (χ1) is 7.63. The van der Waals surface area contributed by atoms with Gasteiger partial charge in [-0.25, -0.2) is 0 Å². The third kappa shape index (κ3) is 9.21. The molecule has 0 unspecified atom stereocenters. The molecule has 0 aromatic heterocycles. The van der Waals surface area contributed by atoms with Gasteiger partial charge in [0.05, 0.1) is 0 Å². The Kier molecular flexibility index (Phi) is 14.9.